The predicted molar refractivity (Wildman–Crippen MR) is 47.6 cm³/mol. The summed E-state index contributed by atoms with van der Waals surface area (Å²) in [5.41, 5.74) is 0.764. The van der Waals surface area contributed by atoms with Crippen LogP contribution in [0.5, 0.6) is 0 Å². The van der Waals surface area contributed by atoms with Crippen LogP contribution in [0, 0.1) is 5.41 Å². The Kier molecular flexibility index (Phi) is 2.17. The van der Waals surface area contributed by atoms with Crippen LogP contribution >= 0.6 is 0 Å². The molecular formula is C10H19N. The maximum absolute atomic E-state index is 3.42. The van der Waals surface area contributed by atoms with E-state index in [0.29, 0.717) is 0 Å². The summed E-state index contributed by atoms with van der Waals surface area (Å²) in [5.74, 6) is 0. The van der Waals surface area contributed by atoms with Gasteiger partial charge >= 0.3 is 0 Å². The molecule has 0 amide bonds. The van der Waals surface area contributed by atoms with Crippen LogP contribution in [-0.4, -0.2) is 13.1 Å². The van der Waals surface area contributed by atoms with Gasteiger partial charge in [0.1, 0.15) is 0 Å². The van der Waals surface area contributed by atoms with Crippen molar-refractivity contribution in [2.45, 2.75) is 44.9 Å². The monoisotopic (exact) mass is 153 g/mol. The third kappa shape index (κ3) is 1.58. The summed E-state index contributed by atoms with van der Waals surface area (Å²) in [7, 11) is 0. The molecule has 0 unspecified atom stereocenters. The molecular weight excluding hydrogens is 134 g/mol. The lowest BCUT2D eigenvalue weighted by atomic mass is 9.72. The maximum Gasteiger partial charge on any atom is 0.00202 e. The van der Waals surface area contributed by atoms with Gasteiger partial charge in [-0.15, -0.1) is 0 Å². The molecule has 0 aromatic heterocycles. The summed E-state index contributed by atoms with van der Waals surface area (Å²) in [5, 5.41) is 3.42. The van der Waals surface area contributed by atoms with Gasteiger partial charge in [0.15, 0.2) is 0 Å². The zero-order valence-corrected chi connectivity index (χ0v) is 7.36. The molecule has 2 aliphatic rings. The molecule has 0 atom stereocenters. The molecule has 1 aliphatic carbocycles. The van der Waals surface area contributed by atoms with E-state index in [2.05, 4.69) is 5.32 Å². The normalized spacial score (nSPS) is 30.5. The smallest absolute Gasteiger partial charge is 0.00202 e. The number of hydrogen-bond donors (Lipinski definition) is 1. The molecule has 1 spiro atoms. The lowest BCUT2D eigenvalue weighted by Crippen LogP contribution is -2.53. The first-order valence-electron chi connectivity index (χ1n) is 5.12. The Balaban J connectivity index is 1.86. The summed E-state index contributed by atoms with van der Waals surface area (Å²) in [4.78, 5) is 0. The van der Waals surface area contributed by atoms with Crippen LogP contribution < -0.4 is 5.32 Å². The first-order valence-corrected chi connectivity index (χ1v) is 5.12. The molecule has 11 heavy (non-hydrogen) atoms. The van der Waals surface area contributed by atoms with Crippen molar-refractivity contribution in [2.75, 3.05) is 13.1 Å². The third-order valence-corrected chi connectivity index (χ3v) is 3.41. The highest BCUT2D eigenvalue weighted by atomic mass is 15.0. The van der Waals surface area contributed by atoms with E-state index < -0.39 is 0 Å². The second-order valence-corrected chi connectivity index (χ2v) is 4.37. The van der Waals surface area contributed by atoms with Gasteiger partial charge in [0.25, 0.3) is 0 Å². The maximum atomic E-state index is 3.42. The van der Waals surface area contributed by atoms with E-state index in [1.165, 1.54) is 58.0 Å². The van der Waals surface area contributed by atoms with E-state index in [4.69, 9.17) is 0 Å². The summed E-state index contributed by atoms with van der Waals surface area (Å²) < 4.78 is 0. The van der Waals surface area contributed by atoms with Crippen molar-refractivity contribution in [3.63, 3.8) is 0 Å². The van der Waals surface area contributed by atoms with Gasteiger partial charge in [0, 0.05) is 13.1 Å². The van der Waals surface area contributed by atoms with E-state index in [-0.39, 0.29) is 0 Å². The van der Waals surface area contributed by atoms with Crippen molar-refractivity contribution in [1.82, 2.24) is 5.32 Å². The van der Waals surface area contributed by atoms with Gasteiger partial charge in [-0.3, -0.25) is 0 Å². The number of hydrogen-bond acceptors (Lipinski definition) is 1. The van der Waals surface area contributed by atoms with Crippen molar-refractivity contribution < 1.29 is 0 Å². The number of rotatable bonds is 0. The van der Waals surface area contributed by atoms with Crippen LogP contribution in [0.1, 0.15) is 44.9 Å². The Morgan fingerprint density at radius 2 is 1.27 bits per heavy atom. The zero-order chi connectivity index (χ0) is 7.57. The van der Waals surface area contributed by atoms with Gasteiger partial charge in [-0.25, -0.2) is 0 Å². The highest BCUT2D eigenvalue weighted by molar-refractivity contribution is 4.92. The fourth-order valence-electron chi connectivity index (χ4n) is 2.49. The van der Waals surface area contributed by atoms with Crippen molar-refractivity contribution >= 4 is 0 Å². The van der Waals surface area contributed by atoms with E-state index in [1.807, 2.05) is 0 Å². The lowest BCUT2D eigenvalue weighted by Gasteiger charge is -2.44. The van der Waals surface area contributed by atoms with E-state index in [0.717, 1.165) is 5.41 Å². The molecule has 2 rings (SSSR count). The minimum absolute atomic E-state index is 0.764. The van der Waals surface area contributed by atoms with Gasteiger partial charge in [0.05, 0.1) is 0 Å². The Morgan fingerprint density at radius 3 is 1.73 bits per heavy atom. The topological polar surface area (TPSA) is 12.0 Å². The minimum atomic E-state index is 0.764. The highest BCUT2D eigenvalue weighted by Crippen LogP contribution is 2.36. The summed E-state index contributed by atoms with van der Waals surface area (Å²) in [6.45, 7) is 2.62. The molecule has 1 heteroatoms. The first kappa shape index (κ1) is 7.60. The second-order valence-electron chi connectivity index (χ2n) is 4.37. The highest BCUT2D eigenvalue weighted by Gasteiger charge is 2.35. The van der Waals surface area contributed by atoms with Crippen molar-refractivity contribution in [1.29, 1.82) is 0 Å². The SMILES string of the molecule is C1CCCC2(CCC1)CNC2. The Bertz CT molecular complexity index is 117. The average molecular weight is 153 g/mol. The molecule has 0 bridgehead atoms. The largest absolute Gasteiger partial charge is 0.316 e. The summed E-state index contributed by atoms with van der Waals surface area (Å²) in [6.07, 6.45) is 10.4. The molecule has 1 N–H and O–H groups in total. The summed E-state index contributed by atoms with van der Waals surface area (Å²) >= 11 is 0. The molecule has 1 nitrogen and oxygen atoms in total. The van der Waals surface area contributed by atoms with E-state index in [9.17, 15) is 0 Å². The first-order chi connectivity index (χ1) is 5.41. The Labute approximate surface area is 69.6 Å². The van der Waals surface area contributed by atoms with Crippen LogP contribution in [0.3, 0.4) is 0 Å². The van der Waals surface area contributed by atoms with Crippen molar-refractivity contribution in [2.24, 2.45) is 5.41 Å². The molecule has 64 valence electrons. The molecule has 1 saturated carbocycles. The van der Waals surface area contributed by atoms with Gasteiger partial charge in [-0.1, -0.05) is 32.1 Å². The van der Waals surface area contributed by atoms with Crippen LogP contribution in [0.25, 0.3) is 0 Å². The fourth-order valence-corrected chi connectivity index (χ4v) is 2.49. The Hall–Kier alpha value is -0.0400. The molecule has 0 radical (unpaired) electrons. The standard InChI is InChI=1S/C10H19N/c1-2-4-6-10(7-5-3-1)8-11-9-10/h11H,1-9H2. The van der Waals surface area contributed by atoms with Gasteiger partial charge in [-0.05, 0) is 18.3 Å². The van der Waals surface area contributed by atoms with Gasteiger partial charge in [0.2, 0.25) is 0 Å². The van der Waals surface area contributed by atoms with Crippen molar-refractivity contribution in [3.8, 4) is 0 Å². The summed E-state index contributed by atoms with van der Waals surface area (Å²) in [6, 6.07) is 0. The van der Waals surface area contributed by atoms with Crippen LogP contribution in [-0.2, 0) is 0 Å². The van der Waals surface area contributed by atoms with Crippen LogP contribution in [0.2, 0.25) is 0 Å². The molecule has 0 aromatic rings. The van der Waals surface area contributed by atoms with Crippen LogP contribution in [0.15, 0.2) is 0 Å². The predicted octanol–water partition coefficient (Wildman–Crippen LogP) is 2.32. The lowest BCUT2D eigenvalue weighted by molar-refractivity contribution is 0.122. The average Bonchev–Trinajstić information content (AvgIpc) is 1.82. The molecule has 1 heterocycles. The third-order valence-electron chi connectivity index (χ3n) is 3.41. The van der Waals surface area contributed by atoms with Gasteiger partial charge in [-0.2, -0.15) is 0 Å². The van der Waals surface area contributed by atoms with E-state index >= 15 is 0 Å². The molecule has 1 saturated heterocycles. The van der Waals surface area contributed by atoms with Crippen molar-refractivity contribution in [3.05, 3.63) is 0 Å². The number of nitrogens with one attached hydrogen (secondary N) is 1. The van der Waals surface area contributed by atoms with Crippen LogP contribution in [0.4, 0.5) is 0 Å². The fraction of sp³-hybridized carbons (Fsp3) is 1.00. The quantitative estimate of drug-likeness (QED) is 0.563. The Morgan fingerprint density at radius 1 is 0.727 bits per heavy atom. The van der Waals surface area contributed by atoms with E-state index in [1.54, 1.807) is 0 Å². The zero-order valence-electron chi connectivity index (χ0n) is 7.36. The molecule has 1 aliphatic heterocycles. The minimum Gasteiger partial charge on any atom is -0.316 e. The second kappa shape index (κ2) is 3.14. The molecule has 2 fully saturated rings. The van der Waals surface area contributed by atoms with Gasteiger partial charge < -0.3 is 5.32 Å². The molecule has 0 aromatic carbocycles.